The first kappa shape index (κ1) is 25.6. The van der Waals surface area contributed by atoms with E-state index < -0.39 is 37.2 Å². The molecule has 4 heterocycles. The van der Waals surface area contributed by atoms with E-state index >= 15 is 0 Å². The van der Waals surface area contributed by atoms with Crippen molar-refractivity contribution in [2.24, 2.45) is 0 Å². The smallest absolute Gasteiger partial charge is 0.257 e. The van der Waals surface area contributed by atoms with E-state index in [1.807, 2.05) is 6.07 Å². The van der Waals surface area contributed by atoms with Gasteiger partial charge in [0, 0.05) is 36.1 Å². The molecule has 4 aromatic heterocycles. The molecule has 11 nitrogen and oxygen atoms in total. The van der Waals surface area contributed by atoms with Crippen molar-refractivity contribution >= 4 is 28.4 Å². The number of aromatic nitrogens is 6. The van der Waals surface area contributed by atoms with Crippen molar-refractivity contribution in [3.63, 3.8) is 0 Å². The lowest BCUT2D eigenvalue weighted by molar-refractivity contribution is -0.00177. The molecule has 0 aliphatic heterocycles. The molecule has 192 valence electrons. The van der Waals surface area contributed by atoms with Gasteiger partial charge in [0.2, 0.25) is 0 Å². The van der Waals surface area contributed by atoms with Gasteiger partial charge >= 0.3 is 0 Å². The predicted octanol–water partition coefficient (Wildman–Crippen LogP) is 2.73. The zero-order chi connectivity index (χ0) is 26.7. The van der Waals surface area contributed by atoms with Gasteiger partial charge in [-0.1, -0.05) is 0 Å². The fourth-order valence-electron chi connectivity index (χ4n) is 3.33. The minimum Gasteiger partial charge on any atom is -0.387 e. The van der Waals surface area contributed by atoms with E-state index in [0.717, 1.165) is 4.68 Å². The predicted molar refractivity (Wildman–Crippen MR) is 126 cm³/mol. The maximum absolute atomic E-state index is 14.2. The SMILES string of the molecule is CC(C)(O)[C@H](F)CNC(=O)c1cnc(-n2ncc3cc(C#N)cnc32)cc1Nc1ccn(CC(F)F)n1. The van der Waals surface area contributed by atoms with Gasteiger partial charge in [-0.05, 0) is 19.9 Å². The summed E-state index contributed by atoms with van der Waals surface area (Å²) in [5.74, 6) is -0.269. The summed E-state index contributed by atoms with van der Waals surface area (Å²) in [6, 6.07) is 6.53. The van der Waals surface area contributed by atoms with Crippen LogP contribution in [0.25, 0.3) is 16.9 Å². The van der Waals surface area contributed by atoms with Crippen molar-refractivity contribution in [1.82, 2.24) is 34.8 Å². The van der Waals surface area contributed by atoms with Gasteiger partial charge in [0.1, 0.15) is 18.8 Å². The number of hydrogen-bond donors (Lipinski definition) is 3. The largest absolute Gasteiger partial charge is 0.387 e. The highest BCUT2D eigenvalue weighted by molar-refractivity contribution is 6.00. The van der Waals surface area contributed by atoms with E-state index in [0.29, 0.717) is 16.6 Å². The van der Waals surface area contributed by atoms with Crippen molar-refractivity contribution in [2.45, 2.75) is 38.6 Å². The highest BCUT2D eigenvalue weighted by Crippen LogP contribution is 2.24. The number of alkyl halides is 3. The van der Waals surface area contributed by atoms with Crippen LogP contribution in [0.5, 0.6) is 0 Å². The number of nitrogens with zero attached hydrogens (tertiary/aromatic N) is 7. The fourth-order valence-corrected chi connectivity index (χ4v) is 3.33. The zero-order valence-electron chi connectivity index (χ0n) is 19.7. The molecular formula is C23H22F3N9O2. The lowest BCUT2D eigenvalue weighted by Crippen LogP contribution is -2.42. The Morgan fingerprint density at radius 1 is 1.22 bits per heavy atom. The Kier molecular flexibility index (Phi) is 7.07. The second kappa shape index (κ2) is 10.2. The van der Waals surface area contributed by atoms with Crippen LogP contribution in [0, 0.1) is 11.3 Å². The Labute approximate surface area is 208 Å². The summed E-state index contributed by atoms with van der Waals surface area (Å²) >= 11 is 0. The van der Waals surface area contributed by atoms with E-state index in [2.05, 4.69) is 30.8 Å². The third kappa shape index (κ3) is 5.84. The average molecular weight is 513 g/mol. The van der Waals surface area contributed by atoms with Crippen LogP contribution in [0.3, 0.4) is 0 Å². The number of carbonyl (C=O) groups excluding carboxylic acids is 1. The highest BCUT2D eigenvalue weighted by atomic mass is 19.3. The third-order valence-electron chi connectivity index (χ3n) is 5.33. The number of anilines is 2. The lowest BCUT2D eigenvalue weighted by Gasteiger charge is -2.22. The second-order valence-electron chi connectivity index (χ2n) is 8.66. The number of nitrogens with one attached hydrogen (secondary N) is 2. The molecule has 14 heteroatoms. The van der Waals surface area contributed by atoms with Crippen molar-refractivity contribution in [2.75, 3.05) is 11.9 Å². The van der Waals surface area contributed by atoms with Crippen molar-refractivity contribution < 1.29 is 23.1 Å². The average Bonchev–Trinajstić information content (AvgIpc) is 3.47. The van der Waals surface area contributed by atoms with Crippen LogP contribution in [0.1, 0.15) is 29.8 Å². The summed E-state index contributed by atoms with van der Waals surface area (Å²) < 4.78 is 42.1. The summed E-state index contributed by atoms with van der Waals surface area (Å²) in [4.78, 5) is 21.4. The molecule has 0 aliphatic rings. The number of aliphatic hydroxyl groups is 1. The van der Waals surface area contributed by atoms with Crippen LogP contribution in [-0.2, 0) is 6.54 Å². The van der Waals surface area contributed by atoms with Crippen molar-refractivity contribution in [1.29, 1.82) is 5.26 Å². The number of fused-ring (bicyclic) bond motifs is 1. The maximum atomic E-state index is 14.2. The van der Waals surface area contributed by atoms with Gasteiger partial charge in [0.15, 0.2) is 17.3 Å². The number of rotatable bonds is 9. The molecule has 0 radical (unpaired) electrons. The third-order valence-corrected chi connectivity index (χ3v) is 5.33. The van der Waals surface area contributed by atoms with Crippen molar-refractivity contribution in [3.05, 3.63) is 54.1 Å². The summed E-state index contributed by atoms with van der Waals surface area (Å²) in [6.45, 7) is 1.50. The second-order valence-corrected chi connectivity index (χ2v) is 8.66. The van der Waals surface area contributed by atoms with E-state index in [1.54, 1.807) is 6.07 Å². The maximum Gasteiger partial charge on any atom is 0.257 e. The van der Waals surface area contributed by atoms with E-state index in [1.165, 1.54) is 55.4 Å². The fraction of sp³-hybridized carbons (Fsp3) is 0.304. The molecule has 1 atom stereocenters. The Morgan fingerprint density at radius 3 is 2.70 bits per heavy atom. The first-order valence-corrected chi connectivity index (χ1v) is 11.0. The van der Waals surface area contributed by atoms with Gasteiger partial charge in [-0.2, -0.15) is 20.1 Å². The molecule has 0 spiro atoms. The Morgan fingerprint density at radius 2 is 2.00 bits per heavy atom. The number of halogens is 3. The van der Waals surface area contributed by atoms with Crippen LogP contribution in [0.15, 0.2) is 43.0 Å². The summed E-state index contributed by atoms with van der Waals surface area (Å²) in [5.41, 5.74) is -0.715. The molecule has 0 bridgehead atoms. The first-order valence-electron chi connectivity index (χ1n) is 11.0. The van der Waals surface area contributed by atoms with Crippen molar-refractivity contribution in [3.8, 4) is 11.9 Å². The summed E-state index contributed by atoms with van der Waals surface area (Å²) in [7, 11) is 0. The van der Waals surface area contributed by atoms with Gasteiger partial charge in [-0.3, -0.25) is 9.48 Å². The summed E-state index contributed by atoms with van der Waals surface area (Å²) in [6.07, 6.45) is 1.14. The molecule has 4 aromatic rings. The monoisotopic (exact) mass is 513 g/mol. The molecule has 0 aliphatic carbocycles. The van der Waals surface area contributed by atoms with Gasteiger partial charge in [0.25, 0.3) is 12.3 Å². The molecule has 1 amide bonds. The Bertz CT molecular complexity index is 1470. The molecule has 0 unspecified atom stereocenters. The van der Waals surface area contributed by atoms with Gasteiger partial charge in [-0.15, -0.1) is 0 Å². The molecule has 3 N–H and O–H groups in total. The van der Waals surface area contributed by atoms with Crippen LogP contribution in [-0.4, -0.2) is 65.3 Å². The number of nitriles is 1. The minimum absolute atomic E-state index is 0.00583. The quantitative estimate of drug-likeness (QED) is 0.310. The molecule has 0 aromatic carbocycles. The molecule has 4 rings (SSSR count). The van der Waals surface area contributed by atoms with Gasteiger partial charge in [0.05, 0.1) is 35.2 Å². The minimum atomic E-state index is -2.60. The van der Waals surface area contributed by atoms with E-state index in [4.69, 9.17) is 5.26 Å². The number of pyridine rings is 2. The van der Waals surface area contributed by atoms with Crippen LogP contribution < -0.4 is 10.6 Å². The highest BCUT2D eigenvalue weighted by Gasteiger charge is 2.27. The van der Waals surface area contributed by atoms with Crippen LogP contribution in [0.2, 0.25) is 0 Å². The molecule has 0 saturated carbocycles. The zero-order valence-corrected chi connectivity index (χ0v) is 19.7. The summed E-state index contributed by atoms with van der Waals surface area (Å²) in [5, 5.41) is 33.1. The number of carbonyl (C=O) groups is 1. The topological polar surface area (TPSA) is 147 Å². The van der Waals surface area contributed by atoms with Crippen LogP contribution >= 0.6 is 0 Å². The normalized spacial score (nSPS) is 12.5. The van der Waals surface area contributed by atoms with E-state index in [-0.39, 0.29) is 22.9 Å². The van der Waals surface area contributed by atoms with Crippen LogP contribution in [0.4, 0.5) is 24.7 Å². The lowest BCUT2D eigenvalue weighted by atomic mass is 10.0. The van der Waals surface area contributed by atoms with E-state index in [9.17, 15) is 23.1 Å². The Hall–Kier alpha value is -4.51. The molecular weight excluding hydrogens is 491 g/mol. The number of hydrogen-bond acceptors (Lipinski definition) is 8. The van der Waals surface area contributed by atoms with Gasteiger partial charge in [-0.25, -0.2) is 23.1 Å². The first-order chi connectivity index (χ1) is 17.5. The Balaban J connectivity index is 1.69. The molecule has 0 saturated heterocycles. The molecule has 0 fully saturated rings. The number of amides is 1. The standard InChI is InChI=1S/C23H22F3N9O2/c1-23(2,37)17(24)11-30-22(36)15-10-28-20(35-21-14(9-31-35)5-13(7-27)8-29-21)6-16(15)32-19-3-4-34(33-19)12-18(25)26/h3-6,8-10,17-18,37H,11-12H2,1-2H3,(H,30,36)(H,28,32,33)/t17-/m1/s1. The van der Waals surface area contributed by atoms with Gasteiger partial charge < -0.3 is 15.7 Å². The molecule has 37 heavy (non-hydrogen) atoms.